The second-order valence-corrected chi connectivity index (χ2v) is 6.67. The van der Waals surface area contributed by atoms with E-state index in [2.05, 4.69) is 27.7 Å². The minimum Gasteiger partial charge on any atom is -0.455 e. The third-order valence-corrected chi connectivity index (χ3v) is 5.25. The van der Waals surface area contributed by atoms with E-state index in [0.29, 0.717) is 11.1 Å². The molecule has 1 aromatic heterocycles. The number of furan rings is 1. The van der Waals surface area contributed by atoms with Gasteiger partial charge in [-0.1, -0.05) is 39.8 Å². The summed E-state index contributed by atoms with van der Waals surface area (Å²) in [7, 11) is 0. The van der Waals surface area contributed by atoms with Crippen LogP contribution in [0.15, 0.2) is 28.7 Å². The zero-order valence-electron chi connectivity index (χ0n) is 11.7. The molecule has 1 fully saturated rings. The van der Waals surface area contributed by atoms with E-state index in [1.807, 2.05) is 0 Å². The second-order valence-electron chi connectivity index (χ2n) is 6.67. The topological polar surface area (TPSA) is 33.4 Å². The van der Waals surface area contributed by atoms with E-state index in [1.54, 1.807) is 18.2 Å². The lowest BCUT2D eigenvalue weighted by Crippen LogP contribution is -2.04. The van der Waals surface area contributed by atoms with Crippen LogP contribution in [-0.2, 0) is 0 Å². The summed E-state index contributed by atoms with van der Waals surface area (Å²) in [5.41, 5.74) is 0.348. The molecule has 3 rings (SSSR count). The fourth-order valence-electron chi connectivity index (χ4n) is 3.39. The Kier molecular flexibility index (Phi) is 2.40. The highest BCUT2D eigenvalue weighted by atomic mass is 19.1. The number of rotatable bonds is 2. The van der Waals surface area contributed by atoms with Crippen molar-refractivity contribution in [1.29, 1.82) is 0 Å². The van der Waals surface area contributed by atoms with E-state index in [0.717, 1.165) is 0 Å². The van der Waals surface area contributed by atoms with Gasteiger partial charge in [0.05, 0.1) is 0 Å². The molecule has 1 heterocycles. The Bertz CT molecular complexity index is 625. The van der Waals surface area contributed by atoms with Gasteiger partial charge in [-0.15, -0.1) is 0 Å². The molecule has 2 aromatic rings. The first kappa shape index (κ1) is 12.7. The zero-order chi connectivity index (χ0) is 14.0. The van der Waals surface area contributed by atoms with Crippen LogP contribution >= 0.6 is 0 Å². The summed E-state index contributed by atoms with van der Waals surface area (Å²) in [5.74, 6) is 0.206. The molecule has 1 aliphatic rings. The van der Waals surface area contributed by atoms with Crippen LogP contribution in [-0.4, -0.2) is 5.11 Å². The molecule has 3 heteroatoms. The molecule has 0 aliphatic heterocycles. The van der Waals surface area contributed by atoms with Crippen LogP contribution in [0.25, 0.3) is 11.0 Å². The van der Waals surface area contributed by atoms with Crippen LogP contribution in [0, 0.1) is 22.6 Å². The Labute approximate surface area is 112 Å². The number of aliphatic hydroxyl groups excluding tert-OH is 1. The van der Waals surface area contributed by atoms with E-state index in [-0.39, 0.29) is 28.1 Å². The summed E-state index contributed by atoms with van der Waals surface area (Å²) in [6.07, 6.45) is -0.684. The molecule has 0 amide bonds. The molecule has 0 radical (unpaired) electrons. The van der Waals surface area contributed by atoms with Crippen LogP contribution in [0.4, 0.5) is 4.39 Å². The Morgan fingerprint density at radius 3 is 2.37 bits per heavy atom. The molecule has 1 unspecified atom stereocenters. The maximum absolute atomic E-state index is 13.6. The van der Waals surface area contributed by atoms with Gasteiger partial charge >= 0.3 is 0 Å². The predicted molar refractivity (Wildman–Crippen MR) is 72.2 cm³/mol. The van der Waals surface area contributed by atoms with Gasteiger partial charge in [0.25, 0.3) is 0 Å². The Morgan fingerprint density at radius 2 is 1.84 bits per heavy atom. The van der Waals surface area contributed by atoms with Gasteiger partial charge in [-0.05, 0) is 23.0 Å². The van der Waals surface area contributed by atoms with E-state index >= 15 is 0 Å². The number of hydrogen-bond donors (Lipinski definition) is 1. The summed E-state index contributed by atoms with van der Waals surface area (Å²) >= 11 is 0. The van der Waals surface area contributed by atoms with E-state index in [1.165, 1.54) is 6.07 Å². The van der Waals surface area contributed by atoms with Gasteiger partial charge in [0.2, 0.25) is 0 Å². The second kappa shape index (κ2) is 3.60. The molecule has 1 N–H and O–H groups in total. The van der Waals surface area contributed by atoms with E-state index < -0.39 is 6.10 Å². The number of aliphatic hydroxyl groups is 1. The number of para-hydroxylation sites is 1. The molecule has 1 atom stereocenters. The lowest BCUT2D eigenvalue weighted by Gasteiger charge is -2.09. The number of hydrogen-bond acceptors (Lipinski definition) is 2. The van der Waals surface area contributed by atoms with Crippen LogP contribution in [0.1, 0.15) is 39.6 Å². The molecule has 0 saturated heterocycles. The van der Waals surface area contributed by atoms with Gasteiger partial charge in [-0.25, -0.2) is 4.39 Å². The average Bonchev–Trinajstić information content (AvgIpc) is 2.67. The summed E-state index contributed by atoms with van der Waals surface area (Å²) in [6, 6.07) is 6.55. The maximum Gasteiger partial charge on any atom is 0.170 e. The van der Waals surface area contributed by atoms with Crippen molar-refractivity contribution in [3.63, 3.8) is 0 Å². The minimum absolute atomic E-state index is 0.0595. The minimum atomic E-state index is -0.684. The third kappa shape index (κ3) is 1.57. The van der Waals surface area contributed by atoms with Crippen LogP contribution in [0.3, 0.4) is 0 Å². The fraction of sp³-hybridized carbons (Fsp3) is 0.500. The Balaban J connectivity index is 2.00. The smallest absolute Gasteiger partial charge is 0.170 e. The summed E-state index contributed by atoms with van der Waals surface area (Å²) < 4.78 is 19.1. The number of halogens is 1. The lowest BCUT2D eigenvalue weighted by atomic mass is 10.0. The fourth-order valence-corrected chi connectivity index (χ4v) is 3.39. The van der Waals surface area contributed by atoms with Gasteiger partial charge in [0, 0.05) is 11.3 Å². The molecule has 1 aromatic carbocycles. The number of fused-ring (bicyclic) bond motifs is 1. The van der Waals surface area contributed by atoms with Crippen LogP contribution < -0.4 is 0 Å². The predicted octanol–water partition coefficient (Wildman–Crippen LogP) is 4.29. The van der Waals surface area contributed by atoms with E-state index in [9.17, 15) is 9.50 Å². The van der Waals surface area contributed by atoms with Gasteiger partial charge < -0.3 is 9.52 Å². The Morgan fingerprint density at radius 1 is 1.21 bits per heavy atom. The highest BCUT2D eigenvalue weighted by molar-refractivity contribution is 5.78. The first-order chi connectivity index (χ1) is 8.76. The quantitative estimate of drug-likeness (QED) is 0.876. The van der Waals surface area contributed by atoms with Gasteiger partial charge in [0.1, 0.15) is 11.9 Å². The van der Waals surface area contributed by atoms with Crippen LogP contribution in [0.5, 0.6) is 0 Å². The molecular weight excluding hydrogens is 243 g/mol. The normalized spacial score (nSPS) is 22.6. The summed E-state index contributed by atoms with van der Waals surface area (Å²) in [4.78, 5) is 0. The average molecular weight is 262 g/mol. The maximum atomic E-state index is 13.6. The largest absolute Gasteiger partial charge is 0.455 e. The SMILES string of the molecule is CC1(C)C(C(O)c2cc3cccc(F)c3o2)C1(C)C. The molecule has 19 heavy (non-hydrogen) atoms. The third-order valence-electron chi connectivity index (χ3n) is 5.25. The molecule has 102 valence electrons. The summed E-state index contributed by atoms with van der Waals surface area (Å²) in [6.45, 7) is 8.57. The Hall–Kier alpha value is -1.35. The van der Waals surface area contributed by atoms with Crippen molar-refractivity contribution in [3.05, 3.63) is 35.8 Å². The first-order valence-electron chi connectivity index (χ1n) is 6.63. The van der Waals surface area contributed by atoms with Crippen molar-refractivity contribution in [2.75, 3.05) is 0 Å². The van der Waals surface area contributed by atoms with Crippen molar-refractivity contribution in [1.82, 2.24) is 0 Å². The highest BCUT2D eigenvalue weighted by Gasteiger charge is 2.67. The monoisotopic (exact) mass is 262 g/mol. The molecule has 0 bridgehead atoms. The van der Waals surface area contributed by atoms with Crippen molar-refractivity contribution < 1.29 is 13.9 Å². The highest BCUT2D eigenvalue weighted by Crippen LogP contribution is 2.72. The van der Waals surface area contributed by atoms with Gasteiger partial charge in [0.15, 0.2) is 11.4 Å². The van der Waals surface area contributed by atoms with E-state index in [4.69, 9.17) is 4.42 Å². The summed E-state index contributed by atoms with van der Waals surface area (Å²) in [5, 5.41) is 11.2. The molecule has 0 spiro atoms. The first-order valence-corrected chi connectivity index (χ1v) is 6.63. The number of benzene rings is 1. The lowest BCUT2D eigenvalue weighted by molar-refractivity contribution is 0.108. The zero-order valence-corrected chi connectivity index (χ0v) is 11.7. The van der Waals surface area contributed by atoms with Crippen molar-refractivity contribution >= 4 is 11.0 Å². The van der Waals surface area contributed by atoms with Crippen LogP contribution in [0.2, 0.25) is 0 Å². The standard InChI is InChI=1S/C16H19FO2/c1-15(2)14(16(15,3)4)12(18)11-8-9-6-5-7-10(17)13(9)19-11/h5-8,12,14,18H,1-4H3. The molecular formula is C16H19FO2. The van der Waals surface area contributed by atoms with Crippen molar-refractivity contribution in [2.45, 2.75) is 33.8 Å². The molecule has 2 nitrogen and oxygen atoms in total. The van der Waals surface area contributed by atoms with Crippen molar-refractivity contribution in [3.8, 4) is 0 Å². The van der Waals surface area contributed by atoms with Gasteiger partial charge in [-0.2, -0.15) is 0 Å². The van der Waals surface area contributed by atoms with Crippen molar-refractivity contribution in [2.24, 2.45) is 16.7 Å². The van der Waals surface area contributed by atoms with Gasteiger partial charge in [-0.3, -0.25) is 0 Å². The molecule has 1 aliphatic carbocycles. The molecule has 1 saturated carbocycles.